The van der Waals surface area contributed by atoms with Gasteiger partial charge in [-0.05, 0) is 48.5 Å². The first-order valence-electron chi connectivity index (χ1n) is 8.44. The van der Waals surface area contributed by atoms with Crippen LogP contribution in [0.2, 0.25) is 10.0 Å². The molecule has 1 amide bonds. The van der Waals surface area contributed by atoms with E-state index in [1.165, 1.54) is 36.4 Å². The maximum absolute atomic E-state index is 12.7. The summed E-state index contributed by atoms with van der Waals surface area (Å²) < 4.78 is 43.6. The van der Waals surface area contributed by atoms with Gasteiger partial charge in [-0.2, -0.15) is 13.2 Å². The predicted octanol–water partition coefficient (Wildman–Crippen LogP) is 6.97. The van der Waals surface area contributed by atoms with Gasteiger partial charge in [0.15, 0.2) is 0 Å². The van der Waals surface area contributed by atoms with Crippen molar-refractivity contribution >= 4 is 40.5 Å². The Labute approximate surface area is 183 Å². The van der Waals surface area contributed by atoms with Crippen LogP contribution in [0.15, 0.2) is 60.7 Å². The molecule has 3 aromatic carbocycles. The Morgan fingerprint density at radius 2 is 1.65 bits per heavy atom. The lowest BCUT2D eigenvalue weighted by molar-refractivity contribution is -0.384. The van der Waals surface area contributed by atoms with Crippen molar-refractivity contribution < 1.29 is 27.6 Å². The minimum atomic E-state index is -4.52. The van der Waals surface area contributed by atoms with Crippen LogP contribution in [0.25, 0.3) is 0 Å². The summed E-state index contributed by atoms with van der Waals surface area (Å²) in [5, 5.41) is 13.2. The lowest BCUT2D eigenvalue weighted by atomic mass is 10.2. The van der Waals surface area contributed by atoms with Gasteiger partial charge in [-0.1, -0.05) is 23.2 Å². The number of hydrogen-bond acceptors (Lipinski definition) is 4. The van der Waals surface area contributed by atoms with E-state index in [9.17, 15) is 28.1 Å². The van der Waals surface area contributed by atoms with Crippen LogP contribution in [0.4, 0.5) is 24.5 Å². The first kappa shape index (κ1) is 22.4. The molecule has 0 atom stereocenters. The number of benzene rings is 3. The second-order valence-electron chi connectivity index (χ2n) is 6.14. The fourth-order valence-corrected chi connectivity index (χ4v) is 2.91. The van der Waals surface area contributed by atoms with Crippen molar-refractivity contribution in [2.75, 3.05) is 5.32 Å². The highest BCUT2D eigenvalue weighted by atomic mass is 35.5. The van der Waals surface area contributed by atoms with E-state index in [4.69, 9.17) is 27.9 Å². The number of anilines is 1. The number of nitrogens with one attached hydrogen (secondary N) is 1. The van der Waals surface area contributed by atoms with Crippen LogP contribution < -0.4 is 10.1 Å². The molecule has 0 bridgehead atoms. The predicted molar refractivity (Wildman–Crippen MR) is 109 cm³/mol. The zero-order chi connectivity index (χ0) is 22.8. The Morgan fingerprint density at radius 3 is 2.23 bits per heavy atom. The maximum Gasteiger partial charge on any atom is 0.416 e. The summed E-state index contributed by atoms with van der Waals surface area (Å²) in [5.74, 6) is -0.379. The van der Waals surface area contributed by atoms with Crippen LogP contribution in [-0.2, 0) is 6.18 Å². The van der Waals surface area contributed by atoms with Crippen molar-refractivity contribution in [1.29, 1.82) is 0 Å². The smallest absolute Gasteiger partial charge is 0.416 e. The van der Waals surface area contributed by atoms with E-state index in [0.29, 0.717) is 5.69 Å². The number of nitro groups is 1. The van der Waals surface area contributed by atoms with Crippen molar-refractivity contribution in [3.8, 4) is 11.5 Å². The van der Waals surface area contributed by atoms with Crippen LogP contribution in [0.1, 0.15) is 15.9 Å². The molecule has 3 aromatic rings. The molecule has 0 aliphatic rings. The summed E-state index contributed by atoms with van der Waals surface area (Å²) in [5.41, 5.74) is -0.930. The highest BCUT2D eigenvalue weighted by molar-refractivity contribution is 6.34. The van der Waals surface area contributed by atoms with Crippen LogP contribution >= 0.6 is 23.2 Å². The molecule has 1 N–H and O–H groups in total. The summed E-state index contributed by atoms with van der Waals surface area (Å²) in [4.78, 5) is 22.6. The molecular weight excluding hydrogens is 460 g/mol. The van der Waals surface area contributed by atoms with E-state index in [-0.39, 0.29) is 32.8 Å². The molecule has 0 aliphatic heterocycles. The molecule has 0 radical (unpaired) electrons. The molecular formula is C20H11Cl2F3N2O4. The van der Waals surface area contributed by atoms with Gasteiger partial charge in [0, 0.05) is 17.8 Å². The number of nitro benzene ring substituents is 1. The average molecular weight is 471 g/mol. The zero-order valence-electron chi connectivity index (χ0n) is 15.2. The van der Waals surface area contributed by atoms with Crippen molar-refractivity contribution in [2.24, 2.45) is 0 Å². The number of hydrogen-bond donors (Lipinski definition) is 1. The van der Waals surface area contributed by atoms with E-state index < -0.39 is 22.6 Å². The van der Waals surface area contributed by atoms with E-state index >= 15 is 0 Å². The van der Waals surface area contributed by atoms with Crippen LogP contribution in [-0.4, -0.2) is 10.8 Å². The van der Waals surface area contributed by atoms with Crippen LogP contribution in [0.5, 0.6) is 11.5 Å². The molecule has 0 saturated heterocycles. The van der Waals surface area contributed by atoms with Crippen molar-refractivity contribution in [2.45, 2.75) is 6.18 Å². The van der Waals surface area contributed by atoms with Gasteiger partial charge in [0.05, 0.1) is 26.1 Å². The van der Waals surface area contributed by atoms with Gasteiger partial charge in [0.2, 0.25) is 0 Å². The average Bonchev–Trinajstić information content (AvgIpc) is 2.70. The Kier molecular flexibility index (Phi) is 6.37. The van der Waals surface area contributed by atoms with Gasteiger partial charge < -0.3 is 10.1 Å². The SMILES string of the molecule is O=C(Nc1ccc(Oc2ccc(C(F)(F)F)cc2Cl)cc1)c1cc([N+](=O)[O-])ccc1Cl. The molecule has 0 unspecified atom stereocenters. The van der Waals surface area contributed by atoms with E-state index in [1.807, 2.05) is 0 Å². The monoisotopic (exact) mass is 470 g/mol. The van der Waals surface area contributed by atoms with Gasteiger partial charge in [0.1, 0.15) is 11.5 Å². The normalized spacial score (nSPS) is 11.1. The first-order valence-corrected chi connectivity index (χ1v) is 9.20. The zero-order valence-corrected chi connectivity index (χ0v) is 16.8. The molecule has 0 fully saturated rings. The van der Waals surface area contributed by atoms with Gasteiger partial charge in [-0.25, -0.2) is 0 Å². The molecule has 0 spiro atoms. The highest BCUT2D eigenvalue weighted by Crippen LogP contribution is 2.36. The number of amides is 1. The molecule has 31 heavy (non-hydrogen) atoms. The number of non-ortho nitro benzene ring substituents is 1. The topological polar surface area (TPSA) is 81.5 Å². The Morgan fingerprint density at radius 1 is 0.968 bits per heavy atom. The van der Waals surface area contributed by atoms with Gasteiger partial charge in [-0.15, -0.1) is 0 Å². The third kappa shape index (κ3) is 5.44. The van der Waals surface area contributed by atoms with E-state index in [0.717, 1.165) is 24.3 Å². The van der Waals surface area contributed by atoms with Crippen molar-refractivity contribution in [3.63, 3.8) is 0 Å². The minimum absolute atomic E-state index is 0.0230. The Hall–Kier alpha value is -3.30. The number of carbonyl (C=O) groups excluding carboxylic acids is 1. The van der Waals surface area contributed by atoms with Crippen molar-refractivity contribution in [1.82, 2.24) is 0 Å². The van der Waals surface area contributed by atoms with Crippen molar-refractivity contribution in [3.05, 3.63) is 92.0 Å². The number of halogens is 5. The van der Waals surface area contributed by atoms with Gasteiger partial charge in [0.25, 0.3) is 11.6 Å². The lowest BCUT2D eigenvalue weighted by Crippen LogP contribution is -2.12. The third-order valence-electron chi connectivity index (χ3n) is 4.00. The summed E-state index contributed by atoms with van der Waals surface area (Å²) in [6.45, 7) is 0. The summed E-state index contributed by atoms with van der Waals surface area (Å²) >= 11 is 11.8. The number of ether oxygens (including phenoxy) is 1. The molecule has 3 rings (SSSR count). The van der Waals surface area contributed by atoms with Gasteiger partial charge >= 0.3 is 6.18 Å². The summed E-state index contributed by atoms with van der Waals surface area (Å²) in [6, 6.07) is 12.0. The van der Waals surface area contributed by atoms with E-state index in [1.54, 1.807) is 0 Å². The lowest BCUT2D eigenvalue weighted by Gasteiger charge is -2.12. The number of alkyl halides is 3. The third-order valence-corrected chi connectivity index (χ3v) is 4.63. The minimum Gasteiger partial charge on any atom is -0.456 e. The van der Waals surface area contributed by atoms with E-state index in [2.05, 4.69) is 5.32 Å². The second kappa shape index (κ2) is 8.83. The van der Waals surface area contributed by atoms with Crippen LogP contribution in [0, 0.1) is 10.1 Å². The number of rotatable bonds is 5. The molecule has 0 saturated carbocycles. The highest BCUT2D eigenvalue weighted by Gasteiger charge is 2.31. The first-order chi connectivity index (χ1) is 14.5. The van der Waals surface area contributed by atoms with Crippen LogP contribution in [0.3, 0.4) is 0 Å². The fourth-order valence-electron chi connectivity index (χ4n) is 2.49. The summed E-state index contributed by atoms with van der Waals surface area (Å²) in [7, 11) is 0. The largest absolute Gasteiger partial charge is 0.456 e. The Bertz CT molecular complexity index is 1150. The molecule has 0 aliphatic carbocycles. The van der Waals surface area contributed by atoms with Gasteiger partial charge in [-0.3, -0.25) is 14.9 Å². The molecule has 0 heterocycles. The molecule has 11 heteroatoms. The number of carbonyl (C=O) groups is 1. The number of nitrogens with zero attached hydrogens (tertiary/aromatic N) is 1. The Balaban J connectivity index is 1.72. The maximum atomic E-state index is 12.7. The fraction of sp³-hybridized carbons (Fsp3) is 0.0500. The quantitative estimate of drug-likeness (QED) is 0.322. The molecule has 0 aromatic heterocycles. The second-order valence-corrected chi connectivity index (χ2v) is 6.96. The molecule has 6 nitrogen and oxygen atoms in total. The summed E-state index contributed by atoms with van der Waals surface area (Å²) in [6.07, 6.45) is -4.52. The standard InChI is InChI=1S/C20H11Cl2F3N2O4/c21-16-7-4-13(27(29)30)10-15(16)19(28)26-12-2-5-14(6-3-12)31-18-8-1-11(9-17(18)22)20(23,24)25/h1-10H,(H,26,28). The molecule has 160 valence electrons.